The number of rotatable bonds is 4. The first-order valence-corrected chi connectivity index (χ1v) is 8.57. The van der Waals surface area contributed by atoms with E-state index in [-0.39, 0.29) is 5.92 Å². The van der Waals surface area contributed by atoms with Crippen LogP contribution in [-0.4, -0.2) is 24.7 Å². The Morgan fingerprint density at radius 2 is 2.05 bits per heavy atom. The van der Waals surface area contributed by atoms with Crippen LogP contribution in [0.5, 0.6) is 0 Å². The van der Waals surface area contributed by atoms with Gasteiger partial charge in [-0.15, -0.1) is 0 Å². The van der Waals surface area contributed by atoms with E-state index < -0.39 is 0 Å². The molecule has 0 aromatic rings. The number of hydrogen-bond donors (Lipinski definition) is 1. The van der Waals surface area contributed by atoms with E-state index in [0.717, 1.165) is 31.8 Å². The van der Waals surface area contributed by atoms with E-state index in [9.17, 15) is 4.79 Å². The van der Waals surface area contributed by atoms with Crippen LogP contribution >= 0.6 is 0 Å². The number of ether oxygens (including phenoxy) is 1. The van der Waals surface area contributed by atoms with Crippen LogP contribution in [0.25, 0.3) is 0 Å². The molecule has 114 valence electrons. The summed E-state index contributed by atoms with van der Waals surface area (Å²) < 4.78 is 5.86. The van der Waals surface area contributed by atoms with Crippen LogP contribution in [0.1, 0.15) is 65.2 Å². The van der Waals surface area contributed by atoms with Gasteiger partial charge in [-0.05, 0) is 44.9 Å². The zero-order valence-electron chi connectivity index (χ0n) is 13.0. The summed E-state index contributed by atoms with van der Waals surface area (Å²) in [4.78, 5) is 12.5. The minimum Gasteiger partial charge on any atom is -0.378 e. The highest BCUT2D eigenvalue weighted by molar-refractivity contribution is 5.79. The summed E-state index contributed by atoms with van der Waals surface area (Å²) in [5.74, 6) is 1.31. The van der Waals surface area contributed by atoms with Gasteiger partial charge in [-0.3, -0.25) is 4.79 Å². The minimum atomic E-state index is 0.266. The lowest BCUT2D eigenvalue weighted by Gasteiger charge is -2.61. The molecule has 3 nitrogen and oxygen atoms in total. The van der Waals surface area contributed by atoms with Crippen molar-refractivity contribution >= 4 is 5.91 Å². The highest BCUT2D eigenvalue weighted by Gasteiger charge is 2.59. The third kappa shape index (κ3) is 2.38. The second-order valence-corrected chi connectivity index (χ2v) is 7.30. The van der Waals surface area contributed by atoms with Crippen molar-refractivity contribution in [2.75, 3.05) is 6.61 Å². The Hall–Kier alpha value is -0.570. The summed E-state index contributed by atoms with van der Waals surface area (Å²) in [6.45, 7) is 5.15. The van der Waals surface area contributed by atoms with Crippen molar-refractivity contribution in [3.8, 4) is 0 Å². The van der Waals surface area contributed by atoms with E-state index in [1.54, 1.807) is 0 Å². The Kier molecular flexibility index (Phi) is 4.07. The van der Waals surface area contributed by atoms with Gasteiger partial charge >= 0.3 is 0 Å². The standard InChI is InChI=1S/C17H29NO2/c1-3-20-15-11-14(17(15)8-5-9-17)18-16(19)13-7-4-6-12(2)10-13/h12-15H,3-11H2,1-2H3,(H,18,19). The zero-order chi connectivity index (χ0) is 14.2. The van der Waals surface area contributed by atoms with E-state index in [1.165, 1.54) is 32.1 Å². The maximum absolute atomic E-state index is 12.5. The van der Waals surface area contributed by atoms with Gasteiger partial charge < -0.3 is 10.1 Å². The third-order valence-corrected chi connectivity index (χ3v) is 6.06. The summed E-state index contributed by atoms with van der Waals surface area (Å²) >= 11 is 0. The maximum atomic E-state index is 12.5. The monoisotopic (exact) mass is 279 g/mol. The number of amides is 1. The predicted octanol–water partition coefficient (Wildman–Crippen LogP) is 3.28. The molecule has 20 heavy (non-hydrogen) atoms. The smallest absolute Gasteiger partial charge is 0.223 e. The first-order chi connectivity index (χ1) is 9.65. The number of carbonyl (C=O) groups is 1. The molecular formula is C17H29NO2. The molecule has 3 aliphatic carbocycles. The first kappa shape index (κ1) is 14.4. The molecule has 0 heterocycles. The van der Waals surface area contributed by atoms with Crippen molar-refractivity contribution in [3.05, 3.63) is 0 Å². The largest absolute Gasteiger partial charge is 0.378 e. The van der Waals surface area contributed by atoms with Gasteiger partial charge in [0.25, 0.3) is 0 Å². The zero-order valence-corrected chi connectivity index (χ0v) is 13.0. The fourth-order valence-electron chi connectivity index (χ4n) is 4.60. The summed E-state index contributed by atoms with van der Waals surface area (Å²) in [7, 11) is 0. The quantitative estimate of drug-likeness (QED) is 0.857. The number of nitrogens with one attached hydrogen (secondary N) is 1. The van der Waals surface area contributed by atoms with Crippen LogP contribution in [0.15, 0.2) is 0 Å². The van der Waals surface area contributed by atoms with Gasteiger partial charge in [0, 0.05) is 24.0 Å². The topological polar surface area (TPSA) is 38.3 Å². The van der Waals surface area contributed by atoms with E-state index in [2.05, 4.69) is 19.2 Å². The Morgan fingerprint density at radius 3 is 2.65 bits per heavy atom. The molecule has 3 aliphatic rings. The second kappa shape index (κ2) is 5.67. The van der Waals surface area contributed by atoms with E-state index >= 15 is 0 Å². The van der Waals surface area contributed by atoms with Crippen LogP contribution < -0.4 is 5.32 Å². The van der Waals surface area contributed by atoms with Gasteiger partial charge in [-0.25, -0.2) is 0 Å². The Bertz CT molecular complexity index is 364. The number of carbonyl (C=O) groups excluding carboxylic acids is 1. The molecule has 3 saturated carbocycles. The molecule has 0 bridgehead atoms. The van der Waals surface area contributed by atoms with E-state index in [0.29, 0.717) is 23.5 Å². The highest BCUT2D eigenvalue weighted by atomic mass is 16.5. The molecule has 4 atom stereocenters. The molecule has 1 N–H and O–H groups in total. The van der Waals surface area contributed by atoms with Crippen molar-refractivity contribution in [2.24, 2.45) is 17.3 Å². The molecule has 3 rings (SSSR count). The van der Waals surface area contributed by atoms with Gasteiger partial charge in [0.05, 0.1) is 6.10 Å². The van der Waals surface area contributed by atoms with Crippen molar-refractivity contribution in [1.82, 2.24) is 5.32 Å². The minimum absolute atomic E-state index is 0.266. The Balaban J connectivity index is 1.54. The van der Waals surface area contributed by atoms with Crippen molar-refractivity contribution < 1.29 is 9.53 Å². The van der Waals surface area contributed by atoms with Gasteiger partial charge in [-0.2, -0.15) is 0 Å². The molecular weight excluding hydrogens is 250 g/mol. The molecule has 0 aromatic carbocycles. The molecule has 0 aromatic heterocycles. The lowest BCUT2D eigenvalue weighted by molar-refractivity contribution is -0.177. The van der Waals surface area contributed by atoms with Crippen molar-refractivity contribution in [3.63, 3.8) is 0 Å². The lowest BCUT2D eigenvalue weighted by Crippen LogP contribution is -2.68. The molecule has 3 fully saturated rings. The SMILES string of the molecule is CCOC1CC(NC(=O)C2CCCC(C)C2)C12CCC2. The average Bonchev–Trinajstić information content (AvgIpc) is 2.35. The second-order valence-electron chi connectivity index (χ2n) is 7.30. The van der Waals surface area contributed by atoms with Crippen LogP contribution in [0.4, 0.5) is 0 Å². The fourth-order valence-corrected chi connectivity index (χ4v) is 4.60. The first-order valence-electron chi connectivity index (χ1n) is 8.57. The summed E-state index contributed by atoms with van der Waals surface area (Å²) in [6, 6.07) is 0.387. The predicted molar refractivity (Wildman–Crippen MR) is 79.4 cm³/mol. The van der Waals surface area contributed by atoms with Crippen molar-refractivity contribution in [2.45, 2.75) is 77.4 Å². The molecule has 0 aliphatic heterocycles. The average molecular weight is 279 g/mol. The molecule has 0 radical (unpaired) electrons. The van der Waals surface area contributed by atoms with Crippen LogP contribution in [0, 0.1) is 17.3 Å². The van der Waals surface area contributed by atoms with Gasteiger partial charge in [0.15, 0.2) is 0 Å². The van der Waals surface area contributed by atoms with Gasteiger partial charge in [0.1, 0.15) is 0 Å². The lowest BCUT2D eigenvalue weighted by atomic mass is 9.51. The van der Waals surface area contributed by atoms with Crippen LogP contribution in [0.2, 0.25) is 0 Å². The highest BCUT2D eigenvalue weighted by Crippen LogP contribution is 2.57. The molecule has 1 amide bonds. The third-order valence-electron chi connectivity index (χ3n) is 6.06. The Labute approximate surface area is 122 Å². The Morgan fingerprint density at radius 1 is 1.25 bits per heavy atom. The van der Waals surface area contributed by atoms with Gasteiger partial charge in [-0.1, -0.05) is 26.2 Å². The normalized spacial score (nSPS) is 38.9. The molecule has 1 spiro atoms. The molecule has 4 unspecified atom stereocenters. The number of hydrogen-bond acceptors (Lipinski definition) is 2. The fraction of sp³-hybridized carbons (Fsp3) is 0.941. The summed E-state index contributed by atoms with van der Waals surface area (Å²) in [5.41, 5.74) is 0.298. The maximum Gasteiger partial charge on any atom is 0.223 e. The van der Waals surface area contributed by atoms with Crippen molar-refractivity contribution in [1.29, 1.82) is 0 Å². The summed E-state index contributed by atoms with van der Waals surface area (Å²) in [5, 5.41) is 3.37. The van der Waals surface area contributed by atoms with E-state index in [1.807, 2.05) is 0 Å². The van der Waals surface area contributed by atoms with Gasteiger partial charge in [0.2, 0.25) is 5.91 Å². The van der Waals surface area contributed by atoms with E-state index in [4.69, 9.17) is 4.74 Å². The molecule has 0 saturated heterocycles. The molecule has 3 heteroatoms. The van der Waals surface area contributed by atoms with Crippen LogP contribution in [-0.2, 0) is 9.53 Å². The van der Waals surface area contributed by atoms with Crippen LogP contribution in [0.3, 0.4) is 0 Å². The summed E-state index contributed by atoms with van der Waals surface area (Å²) in [6.07, 6.45) is 9.90.